The van der Waals surface area contributed by atoms with Crippen molar-refractivity contribution >= 4 is 17.7 Å². The number of carbonyl (C=O) groups is 1. The van der Waals surface area contributed by atoms with E-state index in [1.165, 1.54) is 24.8 Å². The van der Waals surface area contributed by atoms with Gasteiger partial charge in [0.25, 0.3) is 0 Å². The summed E-state index contributed by atoms with van der Waals surface area (Å²) >= 11 is 1.75. The van der Waals surface area contributed by atoms with E-state index in [1.54, 1.807) is 11.8 Å². The van der Waals surface area contributed by atoms with Crippen LogP contribution in [0.25, 0.3) is 0 Å². The van der Waals surface area contributed by atoms with Crippen LogP contribution in [0.3, 0.4) is 0 Å². The predicted molar refractivity (Wildman–Crippen MR) is 80.8 cm³/mol. The Morgan fingerprint density at radius 1 is 1.30 bits per heavy atom. The van der Waals surface area contributed by atoms with Crippen molar-refractivity contribution in [3.63, 3.8) is 0 Å². The van der Waals surface area contributed by atoms with E-state index >= 15 is 0 Å². The summed E-state index contributed by atoms with van der Waals surface area (Å²) in [5.74, 6) is 1.10. The summed E-state index contributed by atoms with van der Waals surface area (Å²) in [6.45, 7) is 0. The van der Waals surface area contributed by atoms with Crippen molar-refractivity contribution in [2.75, 3.05) is 12.9 Å². The van der Waals surface area contributed by atoms with Crippen LogP contribution in [0.4, 0.5) is 0 Å². The van der Waals surface area contributed by atoms with Crippen LogP contribution in [0.5, 0.6) is 0 Å². The minimum atomic E-state index is -0.490. The van der Waals surface area contributed by atoms with Crippen molar-refractivity contribution in [3.05, 3.63) is 30.3 Å². The maximum absolute atomic E-state index is 12.4. The molecule has 2 aliphatic carbocycles. The topological polar surface area (TPSA) is 38.3 Å². The molecule has 1 atom stereocenters. The first-order valence-electron chi connectivity index (χ1n) is 7.28. The average Bonchev–Trinajstić information content (AvgIpc) is 3.37. The normalized spacial score (nSPS) is 21.2. The van der Waals surface area contributed by atoms with Crippen molar-refractivity contribution in [1.82, 2.24) is 5.32 Å². The standard InChI is InChI=1S/C16H21NO2S/c1-19-15(18)16(12-7-8-12,17-13-9-10-13)11-20-14-5-3-2-4-6-14/h2-6,12-13,17H,7-11H2,1H3. The molecule has 0 amide bonds. The van der Waals surface area contributed by atoms with Crippen molar-refractivity contribution in [2.24, 2.45) is 5.92 Å². The molecule has 1 aromatic rings. The molecule has 4 heteroatoms. The highest BCUT2D eigenvalue weighted by Crippen LogP contribution is 2.44. The first-order valence-corrected chi connectivity index (χ1v) is 8.27. The zero-order valence-electron chi connectivity index (χ0n) is 11.8. The number of hydrogen-bond donors (Lipinski definition) is 1. The molecular formula is C16H21NO2S. The van der Waals surface area contributed by atoms with Gasteiger partial charge in [0, 0.05) is 16.7 Å². The van der Waals surface area contributed by atoms with E-state index in [0.717, 1.165) is 18.6 Å². The Balaban J connectivity index is 1.74. The number of nitrogens with one attached hydrogen (secondary N) is 1. The van der Waals surface area contributed by atoms with Gasteiger partial charge < -0.3 is 4.74 Å². The van der Waals surface area contributed by atoms with Gasteiger partial charge in [-0.1, -0.05) is 18.2 Å². The molecule has 0 saturated heterocycles. The van der Waals surface area contributed by atoms with Gasteiger partial charge in [0.05, 0.1) is 7.11 Å². The van der Waals surface area contributed by atoms with Crippen molar-refractivity contribution in [3.8, 4) is 0 Å². The Morgan fingerprint density at radius 2 is 2.00 bits per heavy atom. The second kappa shape index (κ2) is 5.78. The molecule has 0 aliphatic heterocycles. The lowest BCUT2D eigenvalue weighted by molar-refractivity contribution is -0.148. The number of thioether (sulfide) groups is 1. The minimum Gasteiger partial charge on any atom is -0.468 e. The second-order valence-corrected chi connectivity index (χ2v) is 6.81. The van der Waals surface area contributed by atoms with Crippen LogP contribution in [-0.4, -0.2) is 30.4 Å². The molecule has 3 nitrogen and oxygen atoms in total. The Bertz CT molecular complexity index is 471. The Kier molecular flexibility index (Phi) is 4.03. The van der Waals surface area contributed by atoms with E-state index in [4.69, 9.17) is 4.74 Å². The molecule has 1 unspecified atom stereocenters. The van der Waals surface area contributed by atoms with Gasteiger partial charge in [-0.05, 0) is 43.7 Å². The third-order valence-electron chi connectivity index (χ3n) is 4.07. The minimum absolute atomic E-state index is 0.0877. The average molecular weight is 291 g/mol. The maximum atomic E-state index is 12.4. The number of benzene rings is 1. The first-order chi connectivity index (χ1) is 9.74. The van der Waals surface area contributed by atoms with Gasteiger partial charge in [-0.3, -0.25) is 10.1 Å². The molecule has 2 fully saturated rings. The Hall–Kier alpha value is -1.00. The van der Waals surface area contributed by atoms with Gasteiger partial charge in [0.15, 0.2) is 0 Å². The molecule has 0 bridgehead atoms. The first kappa shape index (κ1) is 14.0. The summed E-state index contributed by atoms with van der Waals surface area (Å²) in [6, 6.07) is 10.8. The van der Waals surface area contributed by atoms with Crippen molar-refractivity contribution < 1.29 is 9.53 Å². The lowest BCUT2D eigenvalue weighted by Gasteiger charge is -2.32. The van der Waals surface area contributed by atoms with Gasteiger partial charge in [-0.15, -0.1) is 11.8 Å². The lowest BCUT2D eigenvalue weighted by atomic mass is 9.95. The summed E-state index contributed by atoms with van der Waals surface area (Å²) in [4.78, 5) is 13.6. The maximum Gasteiger partial charge on any atom is 0.327 e. The fourth-order valence-corrected chi connectivity index (χ4v) is 3.81. The van der Waals surface area contributed by atoms with Gasteiger partial charge in [-0.25, -0.2) is 0 Å². The fourth-order valence-electron chi connectivity index (χ4n) is 2.63. The highest BCUT2D eigenvalue weighted by atomic mass is 32.2. The highest BCUT2D eigenvalue weighted by molar-refractivity contribution is 7.99. The molecule has 0 aromatic heterocycles. The van der Waals surface area contributed by atoms with E-state index in [-0.39, 0.29) is 5.97 Å². The quantitative estimate of drug-likeness (QED) is 0.619. The van der Waals surface area contributed by atoms with E-state index in [0.29, 0.717) is 12.0 Å². The predicted octanol–water partition coefficient (Wildman–Crippen LogP) is 2.85. The molecule has 3 rings (SSSR count). The molecule has 1 aromatic carbocycles. The van der Waals surface area contributed by atoms with Crippen LogP contribution < -0.4 is 5.32 Å². The van der Waals surface area contributed by atoms with Gasteiger partial charge in [0.1, 0.15) is 5.54 Å². The van der Waals surface area contributed by atoms with E-state index < -0.39 is 5.54 Å². The van der Waals surface area contributed by atoms with Crippen LogP contribution >= 0.6 is 11.8 Å². The van der Waals surface area contributed by atoms with Crippen LogP contribution in [0.1, 0.15) is 25.7 Å². The SMILES string of the molecule is COC(=O)C(CSc1ccccc1)(NC1CC1)C1CC1. The Morgan fingerprint density at radius 3 is 2.55 bits per heavy atom. The highest BCUT2D eigenvalue weighted by Gasteiger charge is 2.53. The fraction of sp³-hybridized carbons (Fsp3) is 0.562. The molecule has 2 aliphatic rings. The lowest BCUT2D eigenvalue weighted by Crippen LogP contribution is -2.57. The number of methoxy groups -OCH3 is 1. The van der Waals surface area contributed by atoms with Crippen molar-refractivity contribution in [1.29, 1.82) is 0 Å². The van der Waals surface area contributed by atoms with Crippen LogP contribution in [0.15, 0.2) is 35.2 Å². The number of carbonyl (C=O) groups excluding carboxylic acids is 1. The molecule has 108 valence electrons. The van der Waals surface area contributed by atoms with E-state index in [2.05, 4.69) is 17.4 Å². The van der Waals surface area contributed by atoms with Gasteiger partial charge in [-0.2, -0.15) is 0 Å². The van der Waals surface area contributed by atoms with Crippen LogP contribution in [0, 0.1) is 5.92 Å². The number of hydrogen-bond acceptors (Lipinski definition) is 4. The molecule has 0 spiro atoms. The monoisotopic (exact) mass is 291 g/mol. The molecule has 0 heterocycles. The molecular weight excluding hydrogens is 270 g/mol. The van der Waals surface area contributed by atoms with E-state index in [1.807, 2.05) is 18.2 Å². The summed E-state index contributed by atoms with van der Waals surface area (Å²) in [5.41, 5.74) is -0.490. The van der Waals surface area contributed by atoms with Gasteiger partial charge in [0.2, 0.25) is 0 Å². The molecule has 2 saturated carbocycles. The summed E-state index contributed by atoms with van der Waals surface area (Å²) < 4.78 is 5.12. The summed E-state index contributed by atoms with van der Waals surface area (Å²) in [5, 5.41) is 3.59. The van der Waals surface area contributed by atoms with E-state index in [9.17, 15) is 4.79 Å². The smallest absolute Gasteiger partial charge is 0.327 e. The number of rotatable bonds is 7. The zero-order chi connectivity index (χ0) is 14.0. The summed E-state index contributed by atoms with van der Waals surface area (Å²) in [7, 11) is 1.50. The molecule has 20 heavy (non-hydrogen) atoms. The van der Waals surface area contributed by atoms with Crippen LogP contribution in [-0.2, 0) is 9.53 Å². The summed E-state index contributed by atoms with van der Waals surface area (Å²) in [6.07, 6.45) is 4.62. The Labute approximate surface area is 124 Å². The molecule has 0 radical (unpaired) electrons. The van der Waals surface area contributed by atoms with Gasteiger partial charge >= 0.3 is 5.97 Å². The molecule has 1 N–H and O–H groups in total. The van der Waals surface area contributed by atoms with Crippen LogP contribution in [0.2, 0.25) is 0 Å². The third-order valence-corrected chi connectivity index (χ3v) is 5.28. The third kappa shape index (κ3) is 3.01. The second-order valence-electron chi connectivity index (χ2n) is 5.76. The van der Waals surface area contributed by atoms with Crippen molar-refractivity contribution in [2.45, 2.75) is 42.2 Å². The number of esters is 1. The largest absolute Gasteiger partial charge is 0.468 e. The number of ether oxygens (including phenoxy) is 1. The zero-order valence-corrected chi connectivity index (χ0v) is 12.6.